The Bertz CT molecular complexity index is 828. The van der Waals surface area contributed by atoms with Crippen LogP contribution in [0.3, 0.4) is 0 Å². The Morgan fingerprint density at radius 1 is 1.04 bits per heavy atom. The molecule has 3 rings (SSSR count). The van der Waals surface area contributed by atoms with E-state index < -0.39 is 0 Å². The minimum Gasteiger partial charge on any atom is -0.461 e. The zero-order valence-corrected chi connectivity index (χ0v) is 15.2. The lowest BCUT2D eigenvalue weighted by Gasteiger charge is -2.06. The second-order valence-corrected chi connectivity index (χ2v) is 5.90. The van der Waals surface area contributed by atoms with Crippen molar-refractivity contribution in [3.05, 3.63) is 48.0 Å². The monoisotopic (exact) mass is 361 g/mol. The molecule has 0 atom stereocenters. The Kier molecular flexibility index (Phi) is 7.29. The molecule has 0 amide bonds. The Hall–Kier alpha value is -2.04. The lowest BCUT2D eigenvalue weighted by molar-refractivity contribution is 0.0509. The molecular formula is C20H24ClNO3. The van der Waals surface area contributed by atoms with Gasteiger partial charge in [0.2, 0.25) is 0 Å². The number of furan rings is 1. The van der Waals surface area contributed by atoms with Crippen molar-refractivity contribution >= 4 is 40.3 Å². The van der Waals surface area contributed by atoms with Gasteiger partial charge in [0.1, 0.15) is 17.8 Å². The van der Waals surface area contributed by atoms with Crippen LogP contribution in [0.4, 0.5) is 0 Å². The van der Waals surface area contributed by atoms with Crippen LogP contribution in [0.1, 0.15) is 36.5 Å². The maximum Gasteiger partial charge on any atom is 0.338 e. The molecular weight excluding hydrogens is 338 g/mol. The summed E-state index contributed by atoms with van der Waals surface area (Å²) in [4.78, 5) is 12.2. The minimum atomic E-state index is -0.294. The summed E-state index contributed by atoms with van der Waals surface area (Å²) in [5.74, 6) is -0.294. The number of nitrogens with one attached hydrogen (secondary N) is 1. The molecule has 0 aliphatic carbocycles. The van der Waals surface area contributed by atoms with Crippen molar-refractivity contribution in [2.24, 2.45) is 0 Å². The Labute approximate surface area is 153 Å². The van der Waals surface area contributed by atoms with Crippen LogP contribution in [0.2, 0.25) is 0 Å². The van der Waals surface area contributed by atoms with Gasteiger partial charge in [0.05, 0.1) is 5.56 Å². The van der Waals surface area contributed by atoms with E-state index in [1.54, 1.807) is 6.07 Å². The van der Waals surface area contributed by atoms with Gasteiger partial charge in [-0.25, -0.2) is 4.79 Å². The van der Waals surface area contributed by atoms with Crippen LogP contribution in [0, 0.1) is 0 Å². The fourth-order valence-electron chi connectivity index (χ4n) is 2.78. The highest BCUT2D eigenvalue weighted by atomic mass is 35.5. The number of para-hydroxylation sites is 1. The lowest BCUT2D eigenvalue weighted by Crippen LogP contribution is -2.22. The number of carbonyl (C=O) groups is 1. The van der Waals surface area contributed by atoms with Crippen LogP contribution in [0.25, 0.3) is 21.9 Å². The van der Waals surface area contributed by atoms with Crippen LogP contribution in [0.15, 0.2) is 46.9 Å². The maximum absolute atomic E-state index is 12.2. The quantitative estimate of drug-likeness (QED) is 0.456. The molecule has 1 aromatic heterocycles. The third-order valence-corrected chi connectivity index (χ3v) is 4.08. The van der Waals surface area contributed by atoms with Gasteiger partial charge in [-0.1, -0.05) is 38.0 Å². The number of hydrogen-bond donors (Lipinski definition) is 1. The average molecular weight is 362 g/mol. The standard InChI is InChI=1S/C20H23NO3.ClH/c1-2-3-6-11-21-12-13-23-20(22)15-9-10-19-17(14-15)16-7-4-5-8-18(16)24-19;/h4-5,7-10,14,21H,2-3,6,11-13H2,1H3;1H. The van der Waals surface area contributed by atoms with Crippen LogP contribution >= 0.6 is 12.4 Å². The summed E-state index contributed by atoms with van der Waals surface area (Å²) in [5, 5.41) is 5.24. The normalized spacial score (nSPS) is 10.8. The SMILES string of the molecule is CCCCCNCCOC(=O)c1ccc2oc3ccccc3c2c1.Cl. The number of ether oxygens (including phenoxy) is 1. The minimum absolute atomic E-state index is 0. The molecule has 0 bridgehead atoms. The van der Waals surface area contributed by atoms with Gasteiger partial charge in [0.15, 0.2) is 0 Å². The molecule has 0 fully saturated rings. The second-order valence-electron chi connectivity index (χ2n) is 5.90. The third-order valence-electron chi connectivity index (χ3n) is 4.08. The zero-order chi connectivity index (χ0) is 16.8. The molecule has 0 spiro atoms. The summed E-state index contributed by atoms with van der Waals surface area (Å²) < 4.78 is 11.1. The molecule has 0 aliphatic heterocycles. The molecule has 5 heteroatoms. The Balaban J connectivity index is 0.00000225. The van der Waals surface area contributed by atoms with Gasteiger partial charge in [-0.2, -0.15) is 0 Å². The van der Waals surface area contributed by atoms with E-state index in [-0.39, 0.29) is 18.4 Å². The number of fused-ring (bicyclic) bond motifs is 3. The molecule has 0 saturated carbocycles. The first-order chi connectivity index (χ1) is 11.8. The van der Waals surface area contributed by atoms with E-state index in [0.717, 1.165) is 34.9 Å². The van der Waals surface area contributed by atoms with E-state index in [1.807, 2.05) is 36.4 Å². The van der Waals surface area contributed by atoms with E-state index in [9.17, 15) is 4.79 Å². The van der Waals surface area contributed by atoms with Gasteiger partial charge in [0.25, 0.3) is 0 Å². The number of unbranched alkanes of at least 4 members (excludes halogenated alkanes) is 2. The van der Waals surface area contributed by atoms with Gasteiger partial charge in [-0.3, -0.25) is 0 Å². The van der Waals surface area contributed by atoms with Crippen LogP contribution < -0.4 is 5.32 Å². The fraction of sp³-hybridized carbons (Fsp3) is 0.350. The van der Waals surface area contributed by atoms with Crippen LogP contribution in [0.5, 0.6) is 0 Å². The lowest BCUT2D eigenvalue weighted by atomic mass is 10.1. The summed E-state index contributed by atoms with van der Waals surface area (Å²) in [6.07, 6.45) is 3.60. The Morgan fingerprint density at radius 3 is 2.68 bits per heavy atom. The van der Waals surface area contributed by atoms with E-state index in [4.69, 9.17) is 9.15 Å². The topological polar surface area (TPSA) is 51.5 Å². The van der Waals surface area contributed by atoms with Gasteiger partial charge >= 0.3 is 5.97 Å². The van der Waals surface area contributed by atoms with Gasteiger partial charge in [0, 0.05) is 17.3 Å². The van der Waals surface area contributed by atoms with Crippen molar-refractivity contribution in [1.82, 2.24) is 5.32 Å². The molecule has 0 saturated heterocycles. The first-order valence-corrected chi connectivity index (χ1v) is 8.58. The predicted octanol–water partition coefficient (Wildman–Crippen LogP) is 4.94. The van der Waals surface area contributed by atoms with Crippen molar-refractivity contribution in [2.45, 2.75) is 26.2 Å². The number of rotatable bonds is 8. The third kappa shape index (κ3) is 4.74. The zero-order valence-electron chi connectivity index (χ0n) is 14.4. The van der Waals surface area contributed by atoms with E-state index in [1.165, 1.54) is 12.8 Å². The molecule has 1 heterocycles. The highest BCUT2D eigenvalue weighted by Gasteiger charge is 2.11. The Morgan fingerprint density at radius 2 is 1.84 bits per heavy atom. The fourth-order valence-corrected chi connectivity index (χ4v) is 2.78. The number of hydrogen-bond acceptors (Lipinski definition) is 4. The van der Waals surface area contributed by atoms with Gasteiger partial charge in [-0.05, 0) is 37.2 Å². The van der Waals surface area contributed by atoms with Crippen LogP contribution in [-0.2, 0) is 4.74 Å². The summed E-state index contributed by atoms with van der Waals surface area (Å²) in [6, 6.07) is 13.3. The van der Waals surface area contributed by atoms with Crippen molar-refractivity contribution < 1.29 is 13.9 Å². The summed E-state index contributed by atoms with van der Waals surface area (Å²) in [6.45, 7) is 4.22. The van der Waals surface area contributed by atoms with Crippen molar-refractivity contribution in [3.8, 4) is 0 Å². The first kappa shape index (κ1) is 19.3. The largest absolute Gasteiger partial charge is 0.461 e. The molecule has 0 radical (unpaired) electrons. The second kappa shape index (κ2) is 9.44. The average Bonchev–Trinajstić information content (AvgIpc) is 2.98. The maximum atomic E-state index is 12.2. The number of esters is 1. The molecule has 25 heavy (non-hydrogen) atoms. The number of halogens is 1. The van der Waals surface area contributed by atoms with Crippen LogP contribution in [-0.4, -0.2) is 25.7 Å². The highest BCUT2D eigenvalue weighted by molar-refractivity contribution is 6.07. The molecule has 0 aliphatic rings. The van der Waals surface area contributed by atoms with Crippen molar-refractivity contribution in [1.29, 1.82) is 0 Å². The molecule has 134 valence electrons. The first-order valence-electron chi connectivity index (χ1n) is 8.58. The van der Waals surface area contributed by atoms with Gasteiger partial charge < -0.3 is 14.5 Å². The summed E-state index contributed by atoms with van der Waals surface area (Å²) in [5.41, 5.74) is 2.17. The molecule has 0 unspecified atom stereocenters. The van der Waals surface area contributed by atoms with E-state index in [2.05, 4.69) is 12.2 Å². The van der Waals surface area contributed by atoms with Crippen molar-refractivity contribution in [3.63, 3.8) is 0 Å². The number of carbonyl (C=O) groups excluding carboxylic acids is 1. The molecule has 3 aromatic rings. The van der Waals surface area contributed by atoms with Gasteiger partial charge in [-0.15, -0.1) is 12.4 Å². The summed E-state index contributed by atoms with van der Waals surface area (Å²) >= 11 is 0. The highest BCUT2D eigenvalue weighted by Crippen LogP contribution is 2.29. The smallest absolute Gasteiger partial charge is 0.338 e. The number of benzene rings is 2. The molecule has 4 nitrogen and oxygen atoms in total. The van der Waals surface area contributed by atoms with E-state index in [0.29, 0.717) is 18.7 Å². The molecule has 2 aromatic carbocycles. The predicted molar refractivity (Wildman–Crippen MR) is 104 cm³/mol. The van der Waals surface area contributed by atoms with Crippen molar-refractivity contribution in [2.75, 3.05) is 19.7 Å². The summed E-state index contributed by atoms with van der Waals surface area (Å²) in [7, 11) is 0. The molecule has 1 N–H and O–H groups in total. The van der Waals surface area contributed by atoms with E-state index >= 15 is 0 Å².